The molecule has 3 aromatic carbocycles. The Morgan fingerprint density at radius 2 is 1.48 bits per heavy atom. The monoisotopic (exact) mass is 384 g/mol. The van der Waals surface area contributed by atoms with Crippen LogP contribution in [0.1, 0.15) is 40.0 Å². The van der Waals surface area contributed by atoms with Crippen molar-refractivity contribution in [1.29, 1.82) is 5.26 Å². The van der Waals surface area contributed by atoms with Crippen molar-refractivity contribution in [1.82, 2.24) is 5.32 Å². The van der Waals surface area contributed by atoms with Gasteiger partial charge in [0.25, 0.3) is 5.91 Å². The molecule has 0 radical (unpaired) electrons. The van der Waals surface area contributed by atoms with Crippen LogP contribution < -0.4 is 5.32 Å². The second-order valence-electron chi connectivity index (χ2n) is 6.50. The van der Waals surface area contributed by atoms with Crippen LogP contribution in [0.2, 0.25) is 0 Å². The maximum atomic E-state index is 12.7. The minimum Gasteiger partial charge on any atom is -0.449 e. The predicted octanol–water partition coefficient (Wildman–Crippen LogP) is 4.01. The van der Waals surface area contributed by atoms with Crippen LogP contribution in [0, 0.1) is 11.3 Å². The summed E-state index contributed by atoms with van der Waals surface area (Å²) in [7, 11) is 0. The van der Waals surface area contributed by atoms with E-state index in [1.54, 1.807) is 18.2 Å². The van der Waals surface area contributed by atoms with Crippen LogP contribution in [0.4, 0.5) is 0 Å². The zero-order chi connectivity index (χ0) is 20.6. The fraction of sp³-hybridized carbons (Fsp3) is 0.125. The smallest absolute Gasteiger partial charge is 0.338 e. The second-order valence-corrected chi connectivity index (χ2v) is 6.50. The fourth-order valence-corrected chi connectivity index (χ4v) is 2.91. The summed E-state index contributed by atoms with van der Waals surface area (Å²) in [6, 6.07) is 27.0. The lowest BCUT2D eigenvalue weighted by atomic mass is 9.98. The molecule has 3 aromatic rings. The molecule has 0 saturated heterocycles. The maximum absolute atomic E-state index is 12.7. The number of ether oxygens (including phenoxy) is 1. The highest BCUT2D eigenvalue weighted by Crippen LogP contribution is 2.22. The Labute approximate surface area is 169 Å². The molecule has 0 spiro atoms. The number of nitriles is 1. The molecule has 0 aliphatic carbocycles. The molecule has 0 aromatic heterocycles. The number of carbonyl (C=O) groups excluding carboxylic acids is 2. The van der Waals surface area contributed by atoms with Crippen molar-refractivity contribution < 1.29 is 14.3 Å². The molecular formula is C24H20N2O3. The van der Waals surface area contributed by atoms with Gasteiger partial charge in [0.2, 0.25) is 0 Å². The van der Waals surface area contributed by atoms with Gasteiger partial charge < -0.3 is 10.1 Å². The molecule has 3 rings (SSSR count). The van der Waals surface area contributed by atoms with Crippen LogP contribution >= 0.6 is 0 Å². The highest BCUT2D eigenvalue weighted by molar-refractivity contribution is 5.92. The Morgan fingerprint density at radius 1 is 0.897 bits per heavy atom. The zero-order valence-electron chi connectivity index (χ0n) is 15.9. The van der Waals surface area contributed by atoms with E-state index in [4.69, 9.17) is 10.00 Å². The molecule has 1 atom stereocenters. The van der Waals surface area contributed by atoms with E-state index in [9.17, 15) is 9.59 Å². The molecule has 0 aliphatic heterocycles. The number of amides is 1. The third-order valence-corrected chi connectivity index (χ3v) is 4.43. The van der Waals surface area contributed by atoms with E-state index in [1.165, 1.54) is 13.0 Å². The lowest BCUT2D eigenvalue weighted by Crippen LogP contribution is -2.38. The first-order valence-corrected chi connectivity index (χ1v) is 9.20. The minimum absolute atomic E-state index is 0.228. The van der Waals surface area contributed by atoms with Gasteiger partial charge in [0.15, 0.2) is 6.10 Å². The molecule has 0 saturated carbocycles. The van der Waals surface area contributed by atoms with Crippen LogP contribution in [0.5, 0.6) is 0 Å². The van der Waals surface area contributed by atoms with Crippen molar-refractivity contribution in [3.63, 3.8) is 0 Å². The molecule has 0 heterocycles. The Balaban J connectivity index is 1.74. The van der Waals surface area contributed by atoms with E-state index in [0.717, 1.165) is 11.1 Å². The van der Waals surface area contributed by atoms with E-state index in [1.807, 2.05) is 66.7 Å². The Morgan fingerprint density at radius 3 is 2.03 bits per heavy atom. The van der Waals surface area contributed by atoms with Gasteiger partial charge in [-0.15, -0.1) is 0 Å². The average Bonchev–Trinajstić information content (AvgIpc) is 2.78. The first kappa shape index (κ1) is 19.8. The van der Waals surface area contributed by atoms with Gasteiger partial charge >= 0.3 is 5.97 Å². The molecule has 0 aliphatic rings. The fourth-order valence-electron chi connectivity index (χ4n) is 2.91. The zero-order valence-corrected chi connectivity index (χ0v) is 15.9. The number of carbonyl (C=O) groups is 2. The van der Waals surface area contributed by atoms with Crippen molar-refractivity contribution in [2.45, 2.75) is 19.1 Å². The number of rotatable bonds is 6. The Kier molecular flexibility index (Phi) is 6.39. The van der Waals surface area contributed by atoms with Gasteiger partial charge in [-0.1, -0.05) is 66.7 Å². The number of benzene rings is 3. The quantitative estimate of drug-likeness (QED) is 0.651. The summed E-state index contributed by atoms with van der Waals surface area (Å²) in [5.74, 6) is -1.06. The first-order chi connectivity index (χ1) is 14.1. The summed E-state index contributed by atoms with van der Waals surface area (Å²) in [6.45, 7) is 1.52. The SMILES string of the molecule is C[C@@H](OC(=O)c1cccc(C#N)c1)C(=O)NC(c1ccccc1)c1ccccc1. The summed E-state index contributed by atoms with van der Waals surface area (Å²) < 4.78 is 5.31. The highest BCUT2D eigenvalue weighted by Gasteiger charge is 2.23. The number of nitrogens with zero attached hydrogens (tertiary/aromatic N) is 1. The molecule has 0 bridgehead atoms. The molecule has 5 nitrogen and oxygen atoms in total. The second kappa shape index (κ2) is 9.34. The van der Waals surface area contributed by atoms with Gasteiger partial charge in [0, 0.05) is 0 Å². The van der Waals surface area contributed by atoms with E-state index in [-0.39, 0.29) is 11.6 Å². The summed E-state index contributed by atoms with van der Waals surface area (Å²) in [5.41, 5.74) is 2.43. The lowest BCUT2D eigenvalue weighted by molar-refractivity contribution is -0.129. The molecular weight excluding hydrogens is 364 g/mol. The number of esters is 1. The summed E-state index contributed by atoms with van der Waals surface area (Å²) >= 11 is 0. The number of hydrogen-bond acceptors (Lipinski definition) is 4. The van der Waals surface area contributed by atoms with Crippen LogP contribution in [0.25, 0.3) is 0 Å². The Bertz CT molecular complexity index is 987. The van der Waals surface area contributed by atoms with E-state index in [0.29, 0.717) is 5.56 Å². The Hall–Kier alpha value is -3.91. The third kappa shape index (κ3) is 5.08. The van der Waals surface area contributed by atoms with E-state index < -0.39 is 18.0 Å². The number of nitrogens with one attached hydrogen (secondary N) is 1. The van der Waals surface area contributed by atoms with Crippen LogP contribution in [0.3, 0.4) is 0 Å². The topological polar surface area (TPSA) is 79.2 Å². The minimum atomic E-state index is -0.997. The van der Waals surface area contributed by atoms with Gasteiger partial charge in [-0.2, -0.15) is 5.26 Å². The molecule has 144 valence electrons. The van der Waals surface area contributed by atoms with E-state index in [2.05, 4.69) is 5.32 Å². The van der Waals surface area contributed by atoms with Crippen LogP contribution in [-0.2, 0) is 9.53 Å². The van der Waals surface area contributed by atoms with Crippen molar-refractivity contribution >= 4 is 11.9 Å². The molecule has 1 amide bonds. The summed E-state index contributed by atoms with van der Waals surface area (Å²) in [5, 5.41) is 11.9. The standard InChI is InChI=1S/C24H20N2O3/c1-17(29-24(28)21-14-8-9-18(15-21)16-25)23(27)26-22(19-10-4-2-5-11-19)20-12-6-3-7-13-20/h2-15,17,22H,1H3,(H,26,27)/t17-/m1/s1. The molecule has 0 unspecified atom stereocenters. The van der Waals surface area contributed by atoms with E-state index >= 15 is 0 Å². The van der Waals surface area contributed by atoms with Crippen molar-refractivity contribution in [2.75, 3.05) is 0 Å². The molecule has 5 heteroatoms. The molecule has 1 N–H and O–H groups in total. The van der Waals surface area contributed by atoms with Gasteiger partial charge in [-0.25, -0.2) is 4.79 Å². The van der Waals surface area contributed by atoms with Gasteiger partial charge in [-0.05, 0) is 36.2 Å². The molecule has 29 heavy (non-hydrogen) atoms. The largest absolute Gasteiger partial charge is 0.449 e. The van der Waals surface area contributed by atoms with Crippen LogP contribution in [-0.4, -0.2) is 18.0 Å². The van der Waals surface area contributed by atoms with Crippen LogP contribution in [0.15, 0.2) is 84.9 Å². The van der Waals surface area contributed by atoms with Crippen molar-refractivity contribution in [3.8, 4) is 6.07 Å². The number of hydrogen-bond donors (Lipinski definition) is 1. The predicted molar refractivity (Wildman–Crippen MR) is 109 cm³/mol. The normalized spacial score (nSPS) is 11.3. The van der Waals surface area contributed by atoms with Crippen molar-refractivity contribution in [2.24, 2.45) is 0 Å². The van der Waals surface area contributed by atoms with Crippen molar-refractivity contribution in [3.05, 3.63) is 107 Å². The maximum Gasteiger partial charge on any atom is 0.338 e. The molecule has 0 fully saturated rings. The lowest BCUT2D eigenvalue weighted by Gasteiger charge is -2.22. The highest BCUT2D eigenvalue weighted by atomic mass is 16.5. The summed E-state index contributed by atoms with van der Waals surface area (Å²) in [6.07, 6.45) is -0.997. The third-order valence-electron chi connectivity index (χ3n) is 4.43. The average molecular weight is 384 g/mol. The first-order valence-electron chi connectivity index (χ1n) is 9.20. The summed E-state index contributed by atoms with van der Waals surface area (Å²) in [4.78, 5) is 25.1. The van der Waals surface area contributed by atoms with Gasteiger partial charge in [0.1, 0.15) is 0 Å². The van der Waals surface area contributed by atoms with Gasteiger partial charge in [-0.3, -0.25) is 4.79 Å². The van der Waals surface area contributed by atoms with Gasteiger partial charge in [0.05, 0.1) is 23.2 Å².